The zero-order valence-corrected chi connectivity index (χ0v) is 11.6. The molecule has 1 saturated heterocycles. The number of aromatic nitrogens is 2. The first-order chi connectivity index (χ1) is 8.99. The summed E-state index contributed by atoms with van der Waals surface area (Å²) < 4.78 is 0. The summed E-state index contributed by atoms with van der Waals surface area (Å²) in [6.45, 7) is 3.78. The Labute approximate surface area is 114 Å². The topological polar surface area (TPSA) is 83.1 Å². The van der Waals surface area contributed by atoms with Gasteiger partial charge in [-0.25, -0.2) is 4.98 Å². The monoisotopic (exact) mass is 281 g/mol. The molecule has 1 fully saturated rings. The summed E-state index contributed by atoms with van der Waals surface area (Å²) in [5, 5.41) is -0.0796. The molecule has 6 nitrogen and oxygen atoms in total. The molecule has 1 aromatic heterocycles. The number of carbonyl (C=O) groups excluding carboxylic acids is 2. The third kappa shape index (κ3) is 3.23. The summed E-state index contributed by atoms with van der Waals surface area (Å²) >= 11 is 1.16. The molecular formula is C12H15N3O3S. The standard InChI is InChI=1S/C12H15N3O3S/c1-3-8-4-10(17)14-12(13-8)15-6-9(5-11(15)18)19-7(2)16/h4,9H,3,5-6H2,1-2H3,(H,13,14,17). The van der Waals surface area contributed by atoms with Gasteiger partial charge in [0.05, 0.1) is 0 Å². The van der Waals surface area contributed by atoms with Gasteiger partial charge in [-0.15, -0.1) is 0 Å². The van der Waals surface area contributed by atoms with Crippen LogP contribution < -0.4 is 10.5 Å². The Morgan fingerprint density at radius 3 is 2.95 bits per heavy atom. The smallest absolute Gasteiger partial charge is 0.252 e. The van der Waals surface area contributed by atoms with Crippen molar-refractivity contribution < 1.29 is 9.59 Å². The van der Waals surface area contributed by atoms with Crippen LogP contribution in [0, 0.1) is 0 Å². The molecule has 0 spiro atoms. The van der Waals surface area contributed by atoms with Crippen LogP contribution in [-0.4, -0.2) is 32.8 Å². The Morgan fingerprint density at radius 2 is 2.32 bits per heavy atom. The maximum Gasteiger partial charge on any atom is 0.252 e. The molecule has 0 saturated carbocycles. The molecular weight excluding hydrogens is 266 g/mol. The molecule has 2 heterocycles. The highest BCUT2D eigenvalue weighted by Crippen LogP contribution is 2.26. The Bertz CT molecular complexity index is 570. The van der Waals surface area contributed by atoms with Gasteiger partial charge in [0.25, 0.3) is 5.56 Å². The van der Waals surface area contributed by atoms with Crippen molar-refractivity contribution in [2.75, 3.05) is 11.4 Å². The van der Waals surface area contributed by atoms with Crippen molar-refractivity contribution >= 4 is 28.7 Å². The molecule has 19 heavy (non-hydrogen) atoms. The van der Waals surface area contributed by atoms with Crippen LogP contribution in [0.25, 0.3) is 0 Å². The number of carbonyl (C=O) groups is 2. The Morgan fingerprint density at radius 1 is 1.58 bits per heavy atom. The zero-order chi connectivity index (χ0) is 14.0. The number of aryl methyl sites for hydroxylation is 1. The van der Waals surface area contributed by atoms with Crippen molar-refractivity contribution in [2.24, 2.45) is 0 Å². The second-order valence-electron chi connectivity index (χ2n) is 4.35. The maximum absolute atomic E-state index is 11.9. The van der Waals surface area contributed by atoms with E-state index in [-0.39, 0.29) is 27.8 Å². The van der Waals surface area contributed by atoms with E-state index in [9.17, 15) is 14.4 Å². The van der Waals surface area contributed by atoms with Crippen LogP contribution in [0.5, 0.6) is 0 Å². The second kappa shape index (κ2) is 5.56. The summed E-state index contributed by atoms with van der Waals surface area (Å²) in [5.41, 5.74) is 0.381. The van der Waals surface area contributed by atoms with Gasteiger partial charge >= 0.3 is 0 Å². The largest absolute Gasteiger partial charge is 0.292 e. The molecule has 1 atom stereocenters. The van der Waals surface area contributed by atoms with Gasteiger partial charge in [0, 0.05) is 36.9 Å². The lowest BCUT2D eigenvalue weighted by atomic mass is 10.3. The summed E-state index contributed by atoms with van der Waals surface area (Å²) in [6, 6.07) is 1.42. The summed E-state index contributed by atoms with van der Waals surface area (Å²) in [4.78, 5) is 42.8. The van der Waals surface area contributed by atoms with Gasteiger partial charge in [0.1, 0.15) is 0 Å². The zero-order valence-electron chi connectivity index (χ0n) is 10.8. The Kier molecular flexibility index (Phi) is 4.04. The molecule has 0 aromatic carbocycles. The fourth-order valence-corrected chi connectivity index (χ4v) is 2.91. The van der Waals surface area contributed by atoms with Gasteiger partial charge in [0.2, 0.25) is 11.9 Å². The highest BCUT2D eigenvalue weighted by molar-refractivity contribution is 8.14. The lowest BCUT2D eigenvalue weighted by Gasteiger charge is -2.15. The third-order valence-electron chi connectivity index (χ3n) is 2.82. The lowest BCUT2D eigenvalue weighted by Crippen LogP contribution is -2.29. The molecule has 1 unspecified atom stereocenters. The molecule has 1 amide bonds. The van der Waals surface area contributed by atoms with E-state index in [4.69, 9.17) is 0 Å². The van der Waals surface area contributed by atoms with E-state index in [1.165, 1.54) is 17.9 Å². The Balaban J connectivity index is 2.22. The second-order valence-corrected chi connectivity index (χ2v) is 5.83. The number of nitrogens with zero attached hydrogens (tertiary/aromatic N) is 2. The molecule has 1 N–H and O–H groups in total. The molecule has 102 valence electrons. The van der Waals surface area contributed by atoms with Crippen LogP contribution >= 0.6 is 11.8 Å². The summed E-state index contributed by atoms with van der Waals surface area (Å²) in [6.07, 6.45) is 0.925. The summed E-state index contributed by atoms with van der Waals surface area (Å²) in [7, 11) is 0. The number of aromatic amines is 1. The highest BCUT2D eigenvalue weighted by atomic mass is 32.2. The van der Waals surface area contributed by atoms with Crippen molar-refractivity contribution in [1.82, 2.24) is 9.97 Å². The van der Waals surface area contributed by atoms with E-state index in [2.05, 4.69) is 9.97 Å². The van der Waals surface area contributed by atoms with Crippen LogP contribution in [0.2, 0.25) is 0 Å². The number of rotatable bonds is 3. The van der Waals surface area contributed by atoms with Crippen molar-refractivity contribution in [1.29, 1.82) is 0 Å². The number of hydrogen-bond acceptors (Lipinski definition) is 5. The summed E-state index contributed by atoms with van der Waals surface area (Å²) in [5.74, 6) is 0.163. The average molecular weight is 281 g/mol. The van der Waals surface area contributed by atoms with Crippen LogP contribution in [0.4, 0.5) is 5.95 Å². The van der Waals surface area contributed by atoms with Gasteiger partial charge in [-0.2, -0.15) is 0 Å². The van der Waals surface area contributed by atoms with E-state index in [0.29, 0.717) is 25.1 Å². The molecule has 0 bridgehead atoms. The van der Waals surface area contributed by atoms with Gasteiger partial charge in [-0.3, -0.25) is 24.3 Å². The predicted molar refractivity (Wildman–Crippen MR) is 73.3 cm³/mol. The Hall–Kier alpha value is -1.63. The quantitative estimate of drug-likeness (QED) is 0.882. The van der Waals surface area contributed by atoms with Crippen LogP contribution in [0.1, 0.15) is 26.0 Å². The first-order valence-electron chi connectivity index (χ1n) is 6.07. The van der Waals surface area contributed by atoms with Crippen LogP contribution in [0.15, 0.2) is 10.9 Å². The van der Waals surface area contributed by atoms with E-state index in [1.807, 2.05) is 6.92 Å². The van der Waals surface area contributed by atoms with Gasteiger partial charge in [-0.05, 0) is 6.42 Å². The third-order valence-corrected chi connectivity index (χ3v) is 3.80. The number of amides is 1. The van der Waals surface area contributed by atoms with Gasteiger partial charge < -0.3 is 0 Å². The van der Waals surface area contributed by atoms with E-state index in [0.717, 1.165) is 11.8 Å². The molecule has 7 heteroatoms. The SMILES string of the molecule is CCc1cc(=O)[nH]c(N2CC(SC(C)=O)CC2=O)n1. The predicted octanol–water partition coefficient (Wildman–Crippen LogP) is 0.717. The number of anilines is 1. The molecule has 1 aliphatic heterocycles. The highest BCUT2D eigenvalue weighted by Gasteiger charge is 2.33. The fraction of sp³-hybridized carbons (Fsp3) is 0.500. The van der Waals surface area contributed by atoms with E-state index < -0.39 is 0 Å². The van der Waals surface area contributed by atoms with Gasteiger partial charge in [0.15, 0.2) is 5.12 Å². The van der Waals surface area contributed by atoms with Crippen LogP contribution in [-0.2, 0) is 16.0 Å². The molecule has 2 rings (SSSR count). The molecule has 1 aliphatic rings. The average Bonchev–Trinajstić information content (AvgIpc) is 2.68. The van der Waals surface area contributed by atoms with Crippen molar-refractivity contribution in [2.45, 2.75) is 31.9 Å². The molecule has 0 radical (unpaired) electrons. The molecule has 1 aromatic rings. The first-order valence-corrected chi connectivity index (χ1v) is 6.95. The van der Waals surface area contributed by atoms with Crippen molar-refractivity contribution in [3.63, 3.8) is 0 Å². The maximum atomic E-state index is 11.9. The number of thioether (sulfide) groups is 1. The van der Waals surface area contributed by atoms with E-state index >= 15 is 0 Å². The minimum atomic E-state index is -0.266. The number of nitrogens with one attached hydrogen (secondary N) is 1. The van der Waals surface area contributed by atoms with E-state index in [1.54, 1.807) is 0 Å². The lowest BCUT2D eigenvalue weighted by molar-refractivity contribution is -0.117. The molecule has 0 aliphatic carbocycles. The normalized spacial score (nSPS) is 18.9. The fourth-order valence-electron chi connectivity index (χ4n) is 2.00. The first kappa shape index (κ1) is 13.8. The number of hydrogen-bond donors (Lipinski definition) is 1. The van der Waals surface area contributed by atoms with Crippen molar-refractivity contribution in [3.05, 3.63) is 22.1 Å². The minimum absolute atomic E-state index is 0.0107. The number of H-pyrrole nitrogens is 1. The van der Waals surface area contributed by atoms with Crippen molar-refractivity contribution in [3.8, 4) is 0 Å². The van der Waals surface area contributed by atoms with Gasteiger partial charge in [-0.1, -0.05) is 18.7 Å². The minimum Gasteiger partial charge on any atom is -0.292 e. The van der Waals surface area contributed by atoms with Crippen LogP contribution in [0.3, 0.4) is 0 Å².